The summed E-state index contributed by atoms with van der Waals surface area (Å²) in [5, 5.41) is 4.96. The number of rotatable bonds is 3. The maximum absolute atomic E-state index is 6.12. The molecule has 1 aliphatic carbocycles. The first-order chi connectivity index (χ1) is 19.8. The zero-order chi connectivity index (χ0) is 26.4. The SMILES string of the molecule is CCn1c2ccccc2c2cc(-c3cccc4c3-c3c(-c5ccc6oc7ccccc7c6c5)cccc3-4)ccc21. The third kappa shape index (κ3) is 2.83. The summed E-state index contributed by atoms with van der Waals surface area (Å²) >= 11 is 0. The average molecular weight is 512 g/mol. The topological polar surface area (TPSA) is 18.1 Å². The first kappa shape index (κ1) is 21.8. The van der Waals surface area contributed by atoms with E-state index in [1.165, 1.54) is 66.3 Å². The summed E-state index contributed by atoms with van der Waals surface area (Å²) < 4.78 is 8.54. The Morgan fingerprint density at radius 2 is 1.05 bits per heavy atom. The van der Waals surface area contributed by atoms with Crippen LogP contribution in [0.1, 0.15) is 6.92 Å². The van der Waals surface area contributed by atoms with Crippen LogP contribution < -0.4 is 0 Å². The highest BCUT2D eigenvalue weighted by molar-refractivity contribution is 6.16. The Bertz CT molecular complexity index is 2310. The number of para-hydroxylation sites is 2. The molecule has 8 aromatic rings. The molecule has 0 saturated heterocycles. The minimum atomic E-state index is 0.931. The van der Waals surface area contributed by atoms with Crippen molar-refractivity contribution in [1.82, 2.24) is 4.57 Å². The molecule has 0 spiro atoms. The molecule has 0 saturated carbocycles. The minimum Gasteiger partial charge on any atom is -0.456 e. The van der Waals surface area contributed by atoms with Gasteiger partial charge in [-0.2, -0.15) is 0 Å². The van der Waals surface area contributed by atoms with E-state index in [1.807, 2.05) is 12.1 Å². The fourth-order valence-corrected chi connectivity index (χ4v) is 6.97. The highest BCUT2D eigenvalue weighted by Gasteiger charge is 2.29. The molecule has 2 heteroatoms. The van der Waals surface area contributed by atoms with Gasteiger partial charge in [-0.15, -0.1) is 0 Å². The highest BCUT2D eigenvalue weighted by atomic mass is 16.3. The van der Waals surface area contributed by atoms with Gasteiger partial charge in [0.05, 0.1) is 0 Å². The normalized spacial score (nSPS) is 12.2. The van der Waals surface area contributed by atoms with Crippen molar-refractivity contribution < 1.29 is 4.42 Å². The van der Waals surface area contributed by atoms with Gasteiger partial charge in [0.1, 0.15) is 11.2 Å². The molecular formula is C38H25NO. The summed E-state index contributed by atoms with van der Waals surface area (Å²) in [6, 6.07) is 44.1. The summed E-state index contributed by atoms with van der Waals surface area (Å²) in [4.78, 5) is 0. The van der Waals surface area contributed by atoms with E-state index >= 15 is 0 Å². The van der Waals surface area contributed by atoms with Crippen molar-refractivity contribution >= 4 is 43.7 Å². The molecule has 6 aromatic carbocycles. The molecule has 0 amide bonds. The summed E-state index contributed by atoms with van der Waals surface area (Å²) in [6.45, 7) is 3.18. The lowest BCUT2D eigenvalue weighted by Crippen LogP contribution is -2.03. The number of aromatic nitrogens is 1. The molecule has 2 aromatic heterocycles. The van der Waals surface area contributed by atoms with Crippen molar-refractivity contribution in [3.8, 4) is 44.5 Å². The molecule has 0 bridgehead atoms. The van der Waals surface area contributed by atoms with Crippen LogP contribution in [0.3, 0.4) is 0 Å². The van der Waals surface area contributed by atoms with Crippen LogP contribution >= 0.6 is 0 Å². The lowest BCUT2D eigenvalue weighted by Gasteiger charge is -2.29. The van der Waals surface area contributed by atoms with Gasteiger partial charge in [-0.1, -0.05) is 84.9 Å². The van der Waals surface area contributed by atoms with E-state index in [0.717, 1.165) is 28.5 Å². The zero-order valence-electron chi connectivity index (χ0n) is 22.1. The van der Waals surface area contributed by atoms with Crippen molar-refractivity contribution in [3.63, 3.8) is 0 Å². The van der Waals surface area contributed by atoms with E-state index < -0.39 is 0 Å². The molecule has 0 unspecified atom stereocenters. The van der Waals surface area contributed by atoms with Gasteiger partial charge in [-0.3, -0.25) is 0 Å². The van der Waals surface area contributed by atoms with Gasteiger partial charge < -0.3 is 8.98 Å². The lowest BCUT2D eigenvalue weighted by atomic mass is 9.73. The van der Waals surface area contributed by atoms with Crippen LogP contribution in [0.25, 0.3) is 88.3 Å². The third-order valence-electron chi connectivity index (χ3n) is 8.76. The van der Waals surface area contributed by atoms with Crippen LogP contribution in [0.4, 0.5) is 0 Å². The molecule has 0 radical (unpaired) electrons. The maximum atomic E-state index is 6.12. The standard InChI is InChI=1S/C38H25NO/c1-2-39-33-15-5-3-9-27(33)31-21-23(17-19-34(31)39)25-11-7-13-29-30-14-8-12-26(38(30)37(25)29)24-18-20-36-32(22-24)28-10-4-6-16-35(28)40-36/h3-22H,2H2,1H3. The van der Waals surface area contributed by atoms with E-state index in [9.17, 15) is 0 Å². The first-order valence-electron chi connectivity index (χ1n) is 14.0. The largest absolute Gasteiger partial charge is 0.456 e. The van der Waals surface area contributed by atoms with Gasteiger partial charge in [-0.25, -0.2) is 0 Å². The Kier molecular flexibility index (Phi) is 4.34. The predicted molar refractivity (Wildman–Crippen MR) is 168 cm³/mol. The van der Waals surface area contributed by atoms with Crippen LogP contribution in [-0.4, -0.2) is 4.57 Å². The Hall–Kier alpha value is -5.08. The zero-order valence-corrected chi connectivity index (χ0v) is 22.1. The van der Waals surface area contributed by atoms with E-state index in [4.69, 9.17) is 4.42 Å². The van der Waals surface area contributed by atoms with Gasteiger partial charge in [0.25, 0.3) is 0 Å². The number of aryl methyl sites for hydroxylation is 1. The quantitative estimate of drug-likeness (QED) is 0.231. The van der Waals surface area contributed by atoms with Gasteiger partial charge in [-0.05, 0) is 87.8 Å². The summed E-state index contributed by atoms with van der Waals surface area (Å²) in [5.41, 5.74) is 14.9. The fraction of sp³-hybridized carbons (Fsp3) is 0.0526. The van der Waals surface area contributed by atoms with Gasteiger partial charge in [0.15, 0.2) is 0 Å². The van der Waals surface area contributed by atoms with Crippen LogP contribution in [0.15, 0.2) is 126 Å². The molecule has 0 N–H and O–H groups in total. The number of hydrogen-bond acceptors (Lipinski definition) is 1. The number of benzene rings is 6. The number of fused-ring (bicyclic) bond motifs is 10. The van der Waals surface area contributed by atoms with Crippen molar-refractivity contribution in [2.45, 2.75) is 13.5 Å². The average Bonchev–Trinajstić information content (AvgIpc) is 3.53. The van der Waals surface area contributed by atoms with Crippen LogP contribution in [-0.2, 0) is 6.54 Å². The highest BCUT2D eigenvalue weighted by Crippen LogP contribution is 2.55. The Morgan fingerprint density at radius 1 is 0.475 bits per heavy atom. The second-order valence-corrected chi connectivity index (χ2v) is 10.8. The molecule has 2 nitrogen and oxygen atoms in total. The number of furan rings is 1. The van der Waals surface area contributed by atoms with E-state index in [-0.39, 0.29) is 0 Å². The first-order valence-corrected chi connectivity index (χ1v) is 14.0. The van der Waals surface area contributed by atoms with E-state index in [0.29, 0.717) is 0 Å². The van der Waals surface area contributed by atoms with Crippen LogP contribution in [0.5, 0.6) is 0 Å². The van der Waals surface area contributed by atoms with Crippen LogP contribution in [0.2, 0.25) is 0 Å². The number of nitrogens with zero attached hydrogens (tertiary/aromatic N) is 1. The van der Waals surface area contributed by atoms with E-state index in [2.05, 4.69) is 121 Å². The summed E-state index contributed by atoms with van der Waals surface area (Å²) in [7, 11) is 0. The Balaban J connectivity index is 1.25. The molecule has 1 aliphatic rings. The van der Waals surface area contributed by atoms with Gasteiger partial charge >= 0.3 is 0 Å². The molecule has 9 rings (SSSR count). The summed E-state index contributed by atoms with van der Waals surface area (Å²) in [5.74, 6) is 0. The van der Waals surface area contributed by atoms with E-state index in [1.54, 1.807) is 0 Å². The van der Waals surface area contributed by atoms with Gasteiger partial charge in [0, 0.05) is 39.1 Å². The molecule has 0 aliphatic heterocycles. The molecule has 0 atom stereocenters. The predicted octanol–water partition coefficient (Wildman–Crippen LogP) is 10.7. The summed E-state index contributed by atoms with van der Waals surface area (Å²) in [6.07, 6.45) is 0. The fourth-order valence-electron chi connectivity index (χ4n) is 6.97. The number of hydrogen-bond donors (Lipinski definition) is 0. The lowest BCUT2D eigenvalue weighted by molar-refractivity contribution is 0.669. The molecule has 0 fully saturated rings. The maximum Gasteiger partial charge on any atom is 0.135 e. The second kappa shape index (κ2) is 7.97. The molecule has 188 valence electrons. The smallest absolute Gasteiger partial charge is 0.135 e. The monoisotopic (exact) mass is 511 g/mol. The van der Waals surface area contributed by atoms with Crippen LogP contribution in [0, 0.1) is 0 Å². The van der Waals surface area contributed by atoms with Crippen molar-refractivity contribution in [3.05, 3.63) is 121 Å². The molecule has 40 heavy (non-hydrogen) atoms. The molecular weight excluding hydrogens is 486 g/mol. The van der Waals surface area contributed by atoms with Gasteiger partial charge in [0.2, 0.25) is 0 Å². The third-order valence-corrected chi connectivity index (χ3v) is 8.76. The Morgan fingerprint density at radius 3 is 1.80 bits per heavy atom. The second-order valence-electron chi connectivity index (χ2n) is 10.8. The minimum absolute atomic E-state index is 0.931. The van der Waals surface area contributed by atoms with Crippen molar-refractivity contribution in [2.24, 2.45) is 0 Å². The Labute approximate surface area is 231 Å². The molecule has 2 heterocycles. The van der Waals surface area contributed by atoms with Crippen molar-refractivity contribution in [2.75, 3.05) is 0 Å². The van der Waals surface area contributed by atoms with Crippen molar-refractivity contribution in [1.29, 1.82) is 0 Å².